The molecule has 1 atom stereocenters. The first-order valence-electron chi connectivity index (χ1n) is 5.33. The molecule has 0 aliphatic heterocycles. The van der Waals surface area contributed by atoms with E-state index in [1.54, 1.807) is 18.4 Å². The number of nitrogens with zero attached hydrogens (tertiary/aromatic N) is 2. The van der Waals surface area contributed by atoms with E-state index in [-0.39, 0.29) is 11.9 Å². The first kappa shape index (κ1) is 10.7. The van der Waals surface area contributed by atoms with E-state index in [1.165, 1.54) is 0 Å². The highest BCUT2D eigenvalue weighted by Crippen LogP contribution is 2.17. The Hall–Kier alpha value is -1.84. The maximum absolute atomic E-state index is 11.5. The largest absolute Gasteiger partial charge is 0.465 e. The third kappa shape index (κ3) is 1.91. The van der Waals surface area contributed by atoms with Crippen molar-refractivity contribution in [2.24, 2.45) is 0 Å². The molecule has 4 heteroatoms. The molecule has 2 rings (SSSR count). The van der Waals surface area contributed by atoms with Crippen molar-refractivity contribution in [1.29, 1.82) is 0 Å². The molecule has 2 aromatic heterocycles. The second kappa shape index (κ2) is 4.35. The van der Waals surface area contributed by atoms with E-state index in [1.807, 2.05) is 30.5 Å². The van der Waals surface area contributed by atoms with Gasteiger partial charge in [-0.25, -0.2) is 4.52 Å². The number of rotatable bonds is 3. The van der Waals surface area contributed by atoms with Crippen LogP contribution in [0.1, 0.15) is 25.5 Å². The molecule has 0 radical (unpaired) electrons. The number of carbonyl (C=O) groups is 1. The SMILES string of the molecule is CCOC(=O)C(C)c1cc2ccccn2n1. The van der Waals surface area contributed by atoms with Crippen molar-refractivity contribution in [3.8, 4) is 0 Å². The van der Waals surface area contributed by atoms with Crippen LogP contribution >= 0.6 is 0 Å². The van der Waals surface area contributed by atoms with Gasteiger partial charge in [0, 0.05) is 6.20 Å². The number of carbonyl (C=O) groups excluding carboxylic acids is 1. The molecular formula is C12H14N2O2. The normalized spacial score (nSPS) is 12.6. The van der Waals surface area contributed by atoms with Crippen LogP contribution < -0.4 is 0 Å². The van der Waals surface area contributed by atoms with Gasteiger partial charge in [0.1, 0.15) is 0 Å². The molecule has 2 heterocycles. The van der Waals surface area contributed by atoms with Crippen molar-refractivity contribution in [3.05, 3.63) is 36.2 Å². The lowest BCUT2D eigenvalue weighted by Gasteiger charge is -2.06. The number of aromatic nitrogens is 2. The smallest absolute Gasteiger partial charge is 0.314 e. The summed E-state index contributed by atoms with van der Waals surface area (Å²) < 4.78 is 6.72. The van der Waals surface area contributed by atoms with Crippen LogP contribution in [-0.2, 0) is 9.53 Å². The Morgan fingerprint density at radius 3 is 3.06 bits per heavy atom. The van der Waals surface area contributed by atoms with Gasteiger partial charge < -0.3 is 4.74 Å². The number of hydrogen-bond acceptors (Lipinski definition) is 3. The molecule has 0 saturated heterocycles. The molecule has 4 nitrogen and oxygen atoms in total. The van der Waals surface area contributed by atoms with Gasteiger partial charge >= 0.3 is 5.97 Å². The minimum atomic E-state index is -0.320. The maximum Gasteiger partial charge on any atom is 0.314 e. The van der Waals surface area contributed by atoms with Crippen molar-refractivity contribution in [1.82, 2.24) is 9.61 Å². The summed E-state index contributed by atoms with van der Waals surface area (Å²) in [4.78, 5) is 11.5. The Morgan fingerprint density at radius 2 is 2.38 bits per heavy atom. The van der Waals surface area contributed by atoms with Crippen molar-refractivity contribution < 1.29 is 9.53 Å². The molecule has 0 bridgehead atoms. The van der Waals surface area contributed by atoms with Crippen LogP contribution in [0.3, 0.4) is 0 Å². The van der Waals surface area contributed by atoms with Crippen LogP contribution in [0.2, 0.25) is 0 Å². The molecule has 1 unspecified atom stereocenters. The first-order chi connectivity index (χ1) is 7.72. The van der Waals surface area contributed by atoms with Crippen LogP contribution in [0.25, 0.3) is 5.52 Å². The second-order valence-corrected chi connectivity index (χ2v) is 3.61. The van der Waals surface area contributed by atoms with Crippen LogP contribution in [0.15, 0.2) is 30.5 Å². The van der Waals surface area contributed by atoms with Gasteiger partial charge in [-0.2, -0.15) is 5.10 Å². The van der Waals surface area contributed by atoms with E-state index in [0.29, 0.717) is 6.61 Å². The number of fused-ring (bicyclic) bond motifs is 1. The zero-order chi connectivity index (χ0) is 11.5. The average molecular weight is 218 g/mol. The molecular weight excluding hydrogens is 204 g/mol. The molecule has 0 fully saturated rings. The predicted octanol–water partition coefficient (Wildman–Crippen LogP) is 2.00. The van der Waals surface area contributed by atoms with Crippen LogP contribution in [0.5, 0.6) is 0 Å². The fourth-order valence-electron chi connectivity index (χ4n) is 1.56. The zero-order valence-electron chi connectivity index (χ0n) is 9.38. The second-order valence-electron chi connectivity index (χ2n) is 3.61. The van der Waals surface area contributed by atoms with Gasteiger partial charge in [-0.1, -0.05) is 6.07 Å². The van der Waals surface area contributed by atoms with E-state index in [9.17, 15) is 4.79 Å². The molecule has 2 aromatic rings. The molecule has 0 aliphatic carbocycles. The third-order valence-corrected chi connectivity index (χ3v) is 2.47. The molecule has 0 N–H and O–H groups in total. The average Bonchev–Trinajstić information content (AvgIpc) is 2.71. The third-order valence-electron chi connectivity index (χ3n) is 2.47. The minimum Gasteiger partial charge on any atom is -0.465 e. The van der Waals surface area contributed by atoms with Crippen molar-refractivity contribution in [3.63, 3.8) is 0 Å². The Bertz CT molecular complexity index is 471. The summed E-state index contributed by atoms with van der Waals surface area (Å²) in [5.74, 6) is -0.550. The van der Waals surface area contributed by atoms with Crippen LogP contribution in [0.4, 0.5) is 0 Å². The molecule has 16 heavy (non-hydrogen) atoms. The molecule has 0 saturated carbocycles. The molecule has 0 spiro atoms. The van der Waals surface area contributed by atoms with Crippen molar-refractivity contribution in [2.45, 2.75) is 19.8 Å². The topological polar surface area (TPSA) is 43.6 Å². The lowest BCUT2D eigenvalue weighted by atomic mass is 10.1. The highest BCUT2D eigenvalue weighted by atomic mass is 16.5. The van der Waals surface area contributed by atoms with Crippen LogP contribution in [-0.4, -0.2) is 22.2 Å². The molecule has 0 aliphatic rings. The number of ether oxygens (including phenoxy) is 1. The Balaban J connectivity index is 2.29. The van der Waals surface area contributed by atoms with Crippen molar-refractivity contribution >= 4 is 11.5 Å². The molecule has 0 amide bonds. The van der Waals surface area contributed by atoms with E-state index in [0.717, 1.165) is 11.2 Å². The fourth-order valence-corrected chi connectivity index (χ4v) is 1.56. The Morgan fingerprint density at radius 1 is 1.56 bits per heavy atom. The highest BCUT2D eigenvalue weighted by molar-refractivity contribution is 5.77. The summed E-state index contributed by atoms with van der Waals surface area (Å²) in [6, 6.07) is 7.70. The van der Waals surface area contributed by atoms with E-state index >= 15 is 0 Å². The van der Waals surface area contributed by atoms with E-state index in [4.69, 9.17) is 4.74 Å². The molecule has 0 aromatic carbocycles. The zero-order valence-corrected chi connectivity index (χ0v) is 9.38. The standard InChI is InChI=1S/C12H14N2O2/c1-3-16-12(15)9(2)11-8-10-6-4-5-7-14(10)13-11/h4-9H,3H2,1-2H3. The lowest BCUT2D eigenvalue weighted by Crippen LogP contribution is -2.13. The molecule has 84 valence electrons. The predicted molar refractivity (Wildman–Crippen MR) is 60.2 cm³/mol. The fraction of sp³-hybridized carbons (Fsp3) is 0.333. The highest BCUT2D eigenvalue weighted by Gasteiger charge is 2.19. The number of pyridine rings is 1. The summed E-state index contributed by atoms with van der Waals surface area (Å²) in [6.45, 7) is 4.00. The Kier molecular flexibility index (Phi) is 2.90. The van der Waals surface area contributed by atoms with Gasteiger partial charge in [0.2, 0.25) is 0 Å². The summed E-state index contributed by atoms with van der Waals surface area (Å²) in [7, 11) is 0. The van der Waals surface area contributed by atoms with Gasteiger partial charge in [-0.3, -0.25) is 4.79 Å². The van der Waals surface area contributed by atoms with Crippen molar-refractivity contribution in [2.75, 3.05) is 6.61 Å². The Labute approximate surface area is 93.8 Å². The van der Waals surface area contributed by atoms with Crippen LogP contribution in [0, 0.1) is 0 Å². The summed E-state index contributed by atoms with van der Waals surface area (Å²) in [5, 5.41) is 4.33. The number of esters is 1. The van der Waals surface area contributed by atoms with E-state index in [2.05, 4.69) is 5.10 Å². The summed E-state index contributed by atoms with van der Waals surface area (Å²) in [6.07, 6.45) is 1.86. The quantitative estimate of drug-likeness (QED) is 0.740. The number of hydrogen-bond donors (Lipinski definition) is 0. The van der Waals surface area contributed by atoms with Gasteiger partial charge in [0.15, 0.2) is 0 Å². The minimum absolute atomic E-state index is 0.231. The van der Waals surface area contributed by atoms with Gasteiger partial charge in [0.25, 0.3) is 0 Å². The van der Waals surface area contributed by atoms with Gasteiger partial charge in [-0.15, -0.1) is 0 Å². The van der Waals surface area contributed by atoms with E-state index < -0.39 is 0 Å². The summed E-state index contributed by atoms with van der Waals surface area (Å²) in [5.41, 5.74) is 1.72. The lowest BCUT2D eigenvalue weighted by molar-refractivity contribution is -0.144. The monoisotopic (exact) mass is 218 g/mol. The van der Waals surface area contributed by atoms with Gasteiger partial charge in [-0.05, 0) is 32.0 Å². The van der Waals surface area contributed by atoms with Gasteiger partial charge in [0.05, 0.1) is 23.7 Å². The first-order valence-corrected chi connectivity index (χ1v) is 5.33. The maximum atomic E-state index is 11.5. The summed E-state index contributed by atoms with van der Waals surface area (Å²) >= 11 is 0.